The van der Waals surface area contributed by atoms with Crippen LogP contribution < -0.4 is 5.73 Å². The Kier molecular flexibility index (Phi) is 1.70. The minimum atomic E-state index is -0.489. The summed E-state index contributed by atoms with van der Waals surface area (Å²) in [7, 11) is 0. The highest BCUT2D eigenvalue weighted by molar-refractivity contribution is 6.04. The standard InChI is InChI=1S/C10H8N2O/c11-10(13)9-8-4-2-1-3-7(8)5-6-12-9/h1-6H,(H2,11,13)/p+1. The molecule has 0 aliphatic rings. The molecular formula is C10H9N2O+. The highest BCUT2D eigenvalue weighted by atomic mass is 16.1. The lowest BCUT2D eigenvalue weighted by atomic mass is 10.1. The second-order valence-electron chi connectivity index (χ2n) is 2.74. The number of rotatable bonds is 1. The van der Waals surface area contributed by atoms with Crippen molar-refractivity contribution in [3.8, 4) is 0 Å². The van der Waals surface area contributed by atoms with Gasteiger partial charge in [-0.25, -0.2) is 0 Å². The van der Waals surface area contributed by atoms with Crippen LogP contribution in [0.2, 0.25) is 0 Å². The highest BCUT2D eigenvalue weighted by Crippen LogP contribution is 2.15. The Bertz CT molecular complexity index is 465. The number of pyridine rings is 1. The molecule has 1 heterocycles. The van der Waals surface area contributed by atoms with Gasteiger partial charge in [-0.3, -0.25) is 9.78 Å². The molecule has 0 saturated carbocycles. The number of hydrogen-bond donors (Lipinski definition) is 1. The molecular weight excluding hydrogens is 164 g/mol. The summed E-state index contributed by atoms with van der Waals surface area (Å²) >= 11 is 0. The summed E-state index contributed by atoms with van der Waals surface area (Å²) in [5, 5.41) is 1.78. The van der Waals surface area contributed by atoms with Gasteiger partial charge in [0.05, 0.1) is 0 Å². The molecule has 64 valence electrons. The van der Waals surface area contributed by atoms with E-state index in [1.807, 2.05) is 30.3 Å². The number of amides is 1. The third kappa shape index (κ3) is 1.24. The van der Waals surface area contributed by atoms with Crippen LogP contribution in [0.4, 0.5) is 0 Å². The quantitative estimate of drug-likeness (QED) is 0.709. The van der Waals surface area contributed by atoms with Gasteiger partial charge in [-0.2, -0.15) is 0 Å². The second kappa shape index (κ2) is 2.86. The highest BCUT2D eigenvalue weighted by Gasteiger charge is 2.05. The predicted octanol–water partition coefficient (Wildman–Crippen LogP) is 1.45. The topological polar surface area (TPSA) is 56.0 Å². The molecule has 0 bridgehead atoms. The van der Waals surface area contributed by atoms with Crippen molar-refractivity contribution in [2.45, 2.75) is 0 Å². The third-order valence-electron chi connectivity index (χ3n) is 1.91. The average Bonchev–Trinajstić information content (AvgIpc) is 2.17. The first-order chi connectivity index (χ1) is 6.29. The Balaban J connectivity index is 0.000000980. The number of aromatic nitrogens is 1. The number of carbonyl (C=O) groups excluding carboxylic acids is 1. The molecule has 0 unspecified atom stereocenters. The lowest BCUT2D eigenvalue weighted by Crippen LogP contribution is -2.13. The molecule has 0 aliphatic heterocycles. The number of hydrogen-bond acceptors (Lipinski definition) is 2. The van der Waals surface area contributed by atoms with Gasteiger partial charge in [-0.05, 0) is 11.5 Å². The lowest BCUT2D eigenvalue weighted by Gasteiger charge is -2.00. The first-order valence-corrected chi connectivity index (χ1v) is 3.92. The predicted molar refractivity (Wildman–Crippen MR) is 51.4 cm³/mol. The zero-order valence-corrected chi connectivity index (χ0v) is 6.90. The Labute approximate surface area is 76.7 Å². The number of nitrogens with zero attached hydrogens (tertiary/aromatic N) is 1. The van der Waals surface area contributed by atoms with E-state index in [2.05, 4.69) is 4.98 Å². The van der Waals surface area contributed by atoms with Crippen molar-refractivity contribution < 1.29 is 6.22 Å². The van der Waals surface area contributed by atoms with E-state index in [1.54, 1.807) is 6.20 Å². The monoisotopic (exact) mass is 173 g/mol. The number of benzene rings is 1. The minimum absolute atomic E-state index is 0. The van der Waals surface area contributed by atoms with Gasteiger partial charge in [0.25, 0.3) is 5.91 Å². The number of nitrogens with two attached hydrogens (primary N) is 1. The van der Waals surface area contributed by atoms with Gasteiger partial charge >= 0.3 is 1.43 Å². The van der Waals surface area contributed by atoms with Gasteiger partial charge in [0.15, 0.2) is 0 Å². The van der Waals surface area contributed by atoms with Crippen molar-refractivity contribution in [2.24, 2.45) is 5.73 Å². The first kappa shape index (κ1) is 7.73. The zero-order valence-electron chi connectivity index (χ0n) is 7.90. The molecule has 3 heteroatoms. The van der Waals surface area contributed by atoms with E-state index in [-0.39, 0.29) is 1.43 Å². The number of carbonyl (C=O) groups is 1. The third-order valence-corrected chi connectivity index (χ3v) is 1.91. The van der Waals surface area contributed by atoms with Crippen molar-refractivity contribution in [3.63, 3.8) is 0 Å². The van der Waals surface area contributed by atoms with Crippen LogP contribution in [0.3, 0.4) is 0 Å². The van der Waals surface area contributed by atoms with Gasteiger partial charge in [-0.1, -0.05) is 24.3 Å². The van der Waals surface area contributed by atoms with Crippen LogP contribution in [0.15, 0.2) is 36.5 Å². The van der Waals surface area contributed by atoms with Crippen LogP contribution in [-0.4, -0.2) is 10.9 Å². The second-order valence-corrected chi connectivity index (χ2v) is 2.74. The van der Waals surface area contributed by atoms with Crippen LogP contribution in [0.5, 0.6) is 0 Å². The molecule has 0 aliphatic carbocycles. The van der Waals surface area contributed by atoms with Crippen LogP contribution in [0.1, 0.15) is 11.9 Å². The summed E-state index contributed by atoms with van der Waals surface area (Å²) in [5.74, 6) is -0.489. The maximum absolute atomic E-state index is 11.0. The molecule has 2 aromatic rings. The molecule has 1 aromatic heterocycles. The summed E-state index contributed by atoms with van der Waals surface area (Å²) in [4.78, 5) is 14.9. The average molecular weight is 173 g/mol. The van der Waals surface area contributed by atoms with Crippen LogP contribution in [-0.2, 0) is 0 Å². The van der Waals surface area contributed by atoms with E-state index in [4.69, 9.17) is 5.73 Å². The molecule has 0 radical (unpaired) electrons. The van der Waals surface area contributed by atoms with Crippen molar-refractivity contribution in [1.29, 1.82) is 0 Å². The van der Waals surface area contributed by atoms with Crippen molar-refractivity contribution in [3.05, 3.63) is 42.2 Å². The normalized spacial score (nSPS) is 10.2. The molecule has 0 atom stereocenters. The minimum Gasteiger partial charge on any atom is -0.364 e. The van der Waals surface area contributed by atoms with Crippen LogP contribution in [0.25, 0.3) is 10.8 Å². The molecule has 1 amide bonds. The van der Waals surface area contributed by atoms with Crippen molar-refractivity contribution in [2.75, 3.05) is 0 Å². The van der Waals surface area contributed by atoms with Gasteiger partial charge in [-0.15, -0.1) is 0 Å². The Morgan fingerprint density at radius 2 is 2.08 bits per heavy atom. The Morgan fingerprint density at radius 3 is 2.85 bits per heavy atom. The van der Waals surface area contributed by atoms with E-state index in [9.17, 15) is 4.79 Å². The maximum atomic E-state index is 11.0. The summed E-state index contributed by atoms with van der Waals surface area (Å²) in [5.41, 5.74) is 5.51. The van der Waals surface area contributed by atoms with E-state index in [1.165, 1.54) is 0 Å². The molecule has 3 nitrogen and oxygen atoms in total. The SMILES string of the molecule is NC(=O)c1nccc2ccccc12.[H+]. The number of primary amides is 1. The van der Waals surface area contributed by atoms with Gasteiger partial charge in [0, 0.05) is 11.6 Å². The van der Waals surface area contributed by atoms with Gasteiger partial charge in [0.2, 0.25) is 0 Å². The fraction of sp³-hybridized carbons (Fsp3) is 0. The smallest absolute Gasteiger partial charge is 0.364 e. The van der Waals surface area contributed by atoms with Crippen molar-refractivity contribution in [1.82, 2.24) is 4.98 Å². The molecule has 2 rings (SSSR count). The lowest BCUT2D eigenvalue weighted by molar-refractivity contribution is 0.0997. The Hall–Kier alpha value is -1.90. The Morgan fingerprint density at radius 1 is 1.31 bits per heavy atom. The van der Waals surface area contributed by atoms with Crippen LogP contribution in [0, 0.1) is 0 Å². The van der Waals surface area contributed by atoms with Crippen LogP contribution >= 0.6 is 0 Å². The summed E-state index contributed by atoms with van der Waals surface area (Å²) in [6, 6.07) is 9.37. The van der Waals surface area contributed by atoms with E-state index in [0.29, 0.717) is 5.69 Å². The first-order valence-electron chi connectivity index (χ1n) is 3.92. The summed E-state index contributed by atoms with van der Waals surface area (Å²) in [6.07, 6.45) is 1.59. The molecule has 2 N–H and O–H groups in total. The van der Waals surface area contributed by atoms with E-state index in [0.717, 1.165) is 10.8 Å². The molecule has 13 heavy (non-hydrogen) atoms. The van der Waals surface area contributed by atoms with E-state index < -0.39 is 5.91 Å². The molecule has 0 fully saturated rings. The van der Waals surface area contributed by atoms with Gasteiger partial charge in [0.1, 0.15) is 5.69 Å². The van der Waals surface area contributed by atoms with E-state index >= 15 is 0 Å². The molecule has 0 saturated heterocycles. The fourth-order valence-corrected chi connectivity index (χ4v) is 1.32. The fourth-order valence-electron chi connectivity index (χ4n) is 1.32. The molecule has 0 spiro atoms. The summed E-state index contributed by atoms with van der Waals surface area (Å²) < 4.78 is 0. The maximum Gasteiger partial charge on any atom is 1.00 e. The zero-order chi connectivity index (χ0) is 9.26. The van der Waals surface area contributed by atoms with Gasteiger partial charge < -0.3 is 5.73 Å². The summed E-state index contributed by atoms with van der Waals surface area (Å²) in [6.45, 7) is 0. The van der Waals surface area contributed by atoms with Crippen molar-refractivity contribution >= 4 is 16.7 Å². The largest absolute Gasteiger partial charge is 1.00 e. The molecule has 1 aromatic carbocycles. The number of fused-ring (bicyclic) bond motifs is 1.